The molecule has 2 fully saturated rings. The van der Waals surface area contributed by atoms with Crippen LogP contribution in [0.3, 0.4) is 0 Å². The third-order valence-corrected chi connectivity index (χ3v) is 10.9. The molecule has 16 heteroatoms. The predicted octanol–water partition coefficient (Wildman–Crippen LogP) is 1.74. The van der Waals surface area contributed by atoms with Crippen LogP contribution in [0.15, 0.2) is 47.4 Å². The molecule has 10 nitrogen and oxygen atoms in total. The second-order valence-corrected chi connectivity index (χ2v) is 15.0. The van der Waals surface area contributed by atoms with Crippen LogP contribution in [-0.2, 0) is 30.4 Å². The molecule has 1 aliphatic carbocycles. The Morgan fingerprint density at radius 3 is 2.40 bits per heavy atom. The van der Waals surface area contributed by atoms with Crippen molar-refractivity contribution in [3.05, 3.63) is 53.0 Å². The first-order valence-corrected chi connectivity index (χ1v) is 17.1. The van der Waals surface area contributed by atoms with E-state index in [2.05, 4.69) is 4.72 Å². The minimum Gasteiger partial charge on any atom is -0.378 e. The minimum absolute atomic E-state index is 0.0671. The number of thiocarbonyl (C=S) groups is 1. The van der Waals surface area contributed by atoms with Crippen LogP contribution in [0.5, 0.6) is 0 Å². The van der Waals surface area contributed by atoms with Gasteiger partial charge in [0.05, 0.1) is 30.4 Å². The molecule has 2 heterocycles. The number of morpholine rings is 1. The summed E-state index contributed by atoms with van der Waals surface area (Å²) in [7, 11) is -7.38. The highest BCUT2D eigenvalue weighted by Crippen LogP contribution is 2.39. The maximum Gasteiger partial charge on any atom is 0.421 e. The average Bonchev–Trinajstić information content (AvgIpc) is 2.92. The molecule has 3 atom stereocenters. The van der Waals surface area contributed by atoms with Gasteiger partial charge in [-0.1, -0.05) is 36.5 Å². The van der Waals surface area contributed by atoms with Gasteiger partial charge in [-0.05, 0) is 30.7 Å². The monoisotopic (exact) mass is 652 g/mol. The fraction of sp³-hybridized carbons (Fsp3) is 0.577. The molecule has 42 heavy (non-hydrogen) atoms. The molecule has 0 radical (unpaired) electrons. The lowest BCUT2D eigenvalue weighted by Gasteiger charge is -2.46. The van der Waals surface area contributed by atoms with E-state index in [4.69, 9.17) is 17.0 Å². The van der Waals surface area contributed by atoms with Gasteiger partial charge in [0, 0.05) is 62.3 Å². The first-order valence-electron chi connectivity index (χ1n) is 13.3. The van der Waals surface area contributed by atoms with E-state index < -0.39 is 37.9 Å². The number of piperazine rings is 1. The number of alkyl halides is 3. The third-order valence-electron chi connectivity index (χ3n) is 7.71. The van der Waals surface area contributed by atoms with Crippen LogP contribution in [0.1, 0.15) is 18.9 Å². The molecule has 2 unspecified atom stereocenters. The van der Waals surface area contributed by atoms with Gasteiger partial charge in [-0.15, -0.1) is 0 Å². The number of sulfonamides is 2. The predicted molar refractivity (Wildman–Crippen MR) is 157 cm³/mol. The summed E-state index contributed by atoms with van der Waals surface area (Å²) < 4.78 is 100. The summed E-state index contributed by atoms with van der Waals surface area (Å²) in [6.07, 6.45) is 1.47. The van der Waals surface area contributed by atoms with E-state index in [1.165, 1.54) is 34.6 Å². The van der Waals surface area contributed by atoms with Crippen LogP contribution in [0.2, 0.25) is 0 Å². The number of hydrogen-bond donors (Lipinski definition) is 2. The summed E-state index contributed by atoms with van der Waals surface area (Å²) in [5, 5.41) is 10.1. The van der Waals surface area contributed by atoms with Crippen molar-refractivity contribution in [3.63, 3.8) is 0 Å². The lowest BCUT2D eigenvalue weighted by atomic mass is 9.95. The zero-order valence-corrected chi connectivity index (χ0v) is 25.7. The van der Waals surface area contributed by atoms with Gasteiger partial charge in [0.1, 0.15) is 0 Å². The van der Waals surface area contributed by atoms with Crippen LogP contribution in [0, 0.1) is 0 Å². The fourth-order valence-corrected chi connectivity index (χ4v) is 7.78. The molecule has 0 aromatic heterocycles. The van der Waals surface area contributed by atoms with Crippen molar-refractivity contribution in [2.24, 2.45) is 0 Å². The fourth-order valence-electron chi connectivity index (χ4n) is 5.21. The number of allylic oxidation sites excluding steroid dienone is 4. The molecular formula is C26H35F3N4O6S3. The molecule has 234 valence electrons. The summed E-state index contributed by atoms with van der Waals surface area (Å²) in [5.74, 6) is 0. The summed E-state index contributed by atoms with van der Waals surface area (Å²) in [4.78, 5) is 4.37. The van der Waals surface area contributed by atoms with Crippen LogP contribution < -0.4 is 9.62 Å². The van der Waals surface area contributed by atoms with Gasteiger partial charge >= 0.3 is 6.18 Å². The molecule has 2 N–H and O–H groups in total. The number of nitrogens with one attached hydrogen (secondary N) is 1. The molecule has 0 amide bonds. The minimum atomic E-state index is -4.87. The van der Waals surface area contributed by atoms with Crippen molar-refractivity contribution in [1.82, 2.24) is 13.9 Å². The van der Waals surface area contributed by atoms with Crippen molar-refractivity contribution in [3.8, 4) is 0 Å². The number of halogens is 3. The van der Waals surface area contributed by atoms with Gasteiger partial charge in [0.15, 0.2) is 5.60 Å². The molecule has 3 aliphatic rings. The highest BCUT2D eigenvalue weighted by atomic mass is 32.2. The zero-order chi connectivity index (χ0) is 30.9. The van der Waals surface area contributed by atoms with Gasteiger partial charge < -0.3 is 14.7 Å². The zero-order valence-electron chi connectivity index (χ0n) is 23.2. The number of anilines is 1. The normalized spacial score (nSPS) is 24.9. The standard InChI is InChI=1S/C26H35F3N4O6S3/c1-25(34,26(27,28)29)19-7-9-20(10-8-19)33-12-11-32(42(37,38)24-6-4-3-5-23(24)40)17-22(33)16-31-13-14-39-18-21(31)15-30-41(2,35)36/h3-4,6-10,21-22,30,34H,5,11-18H2,1-2H3/t21?,22-,25?/m0/s1. The topological polar surface area (TPSA) is 119 Å². The van der Waals surface area contributed by atoms with Gasteiger partial charge in [-0.25, -0.2) is 21.6 Å². The van der Waals surface area contributed by atoms with E-state index in [-0.39, 0.29) is 49.3 Å². The first kappa shape index (κ1) is 33.0. The van der Waals surface area contributed by atoms with E-state index in [1.807, 2.05) is 9.80 Å². The number of benzene rings is 1. The van der Waals surface area contributed by atoms with Gasteiger partial charge in [-0.3, -0.25) is 4.90 Å². The van der Waals surface area contributed by atoms with Crippen LogP contribution in [0.4, 0.5) is 18.9 Å². The van der Waals surface area contributed by atoms with Crippen molar-refractivity contribution in [1.29, 1.82) is 0 Å². The quantitative estimate of drug-likeness (QED) is 0.385. The number of hydrogen-bond acceptors (Lipinski definition) is 9. The van der Waals surface area contributed by atoms with Gasteiger partial charge in [0.25, 0.3) is 0 Å². The maximum absolute atomic E-state index is 13.6. The van der Waals surface area contributed by atoms with Crippen molar-refractivity contribution in [2.75, 3.05) is 63.6 Å². The third kappa shape index (κ3) is 7.41. The van der Waals surface area contributed by atoms with Crippen LogP contribution in [0.25, 0.3) is 0 Å². The Morgan fingerprint density at radius 2 is 1.79 bits per heavy atom. The number of nitrogens with zero attached hydrogens (tertiary/aromatic N) is 3. The van der Waals surface area contributed by atoms with Crippen LogP contribution >= 0.6 is 12.2 Å². The molecule has 1 aromatic rings. The molecule has 0 saturated carbocycles. The largest absolute Gasteiger partial charge is 0.421 e. The number of aliphatic hydroxyl groups is 1. The van der Waals surface area contributed by atoms with Gasteiger partial charge in [-0.2, -0.15) is 17.5 Å². The Labute approximate surface area is 249 Å². The second-order valence-electron chi connectivity index (χ2n) is 10.8. The molecule has 0 bridgehead atoms. The van der Waals surface area contributed by atoms with Crippen molar-refractivity contribution >= 4 is 42.8 Å². The lowest BCUT2D eigenvalue weighted by Crippen LogP contribution is -2.61. The van der Waals surface area contributed by atoms with E-state index in [0.717, 1.165) is 6.26 Å². The Hall–Kier alpha value is -1.92. The molecular weight excluding hydrogens is 618 g/mol. The van der Waals surface area contributed by atoms with Crippen molar-refractivity contribution in [2.45, 2.75) is 37.2 Å². The molecule has 2 saturated heterocycles. The van der Waals surface area contributed by atoms with E-state index >= 15 is 0 Å². The maximum atomic E-state index is 13.6. The van der Waals surface area contributed by atoms with Crippen LogP contribution in [-0.4, -0.2) is 113 Å². The highest BCUT2D eigenvalue weighted by molar-refractivity contribution is 7.96. The molecule has 0 spiro atoms. The van der Waals surface area contributed by atoms with E-state index in [0.29, 0.717) is 43.6 Å². The van der Waals surface area contributed by atoms with Gasteiger partial charge in [0.2, 0.25) is 20.0 Å². The smallest absolute Gasteiger partial charge is 0.378 e. The molecule has 2 aliphatic heterocycles. The summed E-state index contributed by atoms with van der Waals surface area (Å²) in [6, 6.07) is 4.64. The summed E-state index contributed by atoms with van der Waals surface area (Å²) in [6.45, 7) is 2.69. The van der Waals surface area contributed by atoms with Crippen molar-refractivity contribution < 1.29 is 39.9 Å². The van der Waals surface area contributed by atoms with E-state index in [1.54, 1.807) is 12.2 Å². The first-order chi connectivity index (χ1) is 19.5. The summed E-state index contributed by atoms with van der Waals surface area (Å²) in [5.41, 5.74) is -2.79. The second kappa shape index (κ2) is 12.6. The van der Waals surface area contributed by atoms with E-state index in [9.17, 15) is 35.1 Å². The number of rotatable bonds is 9. The molecule has 1 aromatic carbocycles. The Kier molecular flexibility index (Phi) is 9.89. The summed E-state index contributed by atoms with van der Waals surface area (Å²) >= 11 is 5.33. The Balaban J connectivity index is 1.63. The molecule has 4 rings (SSSR count). The average molecular weight is 653 g/mol. The Morgan fingerprint density at radius 1 is 1.10 bits per heavy atom. The Bertz CT molecular complexity index is 1430. The SMILES string of the molecule is CC(O)(c1ccc(N2CCN(S(=O)(=O)C3=CC=CCC3=S)C[C@@H]2CN2CCOCC2CNS(C)(=O)=O)cc1)C(F)(F)F. The lowest BCUT2D eigenvalue weighted by molar-refractivity contribution is -0.258. The number of ether oxygens (including phenoxy) is 1. The highest BCUT2D eigenvalue weighted by Gasteiger charge is 2.51.